The predicted octanol–water partition coefficient (Wildman–Crippen LogP) is -0.231. The van der Waals surface area contributed by atoms with Crippen LogP contribution in [0.3, 0.4) is 0 Å². The molecular weight excluding hydrogens is 206 g/mol. The molecule has 1 aliphatic rings. The summed E-state index contributed by atoms with van der Waals surface area (Å²) in [5, 5.41) is 8.50. The molecule has 0 bridgehead atoms. The second-order valence-electron chi connectivity index (χ2n) is 4.25. The highest BCUT2D eigenvalue weighted by Crippen LogP contribution is 2.09. The van der Waals surface area contributed by atoms with E-state index in [0.29, 0.717) is 6.42 Å². The van der Waals surface area contributed by atoms with E-state index >= 15 is 0 Å². The first kappa shape index (κ1) is 13.0. The van der Waals surface area contributed by atoms with Gasteiger partial charge in [0.15, 0.2) is 0 Å². The largest absolute Gasteiger partial charge is 0.357 e. The summed E-state index contributed by atoms with van der Waals surface area (Å²) in [6.07, 6.45) is 3.87. The Balaban J connectivity index is 2.26. The number of hydrogen-bond acceptors (Lipinski definition) is 3. The van der Waals surface area contributed by atoms with Gasteiger partial charge in [-0.25, -0.2) is 0 Å². The number of amides is 2. The summed E-state index contributed by atoms with van der Waals surface area (Å²) >= 11 is 0. The third-order valence-corrected chi connectivity index (χ3v) is 2.86. The molecule has 0 aromatic heterocycles. The number of piperidine rings is 1. The molecule has 0 saturated carbocycles. The van der Waals surface area contributed by atoms with Crippen molar-refractivity contribution in [3.05, 3.63) is 0 Å². The lowest BCUT2D eigenvalue weighted by atomic mass is 10.0. The fourth-order valence-corrected chi connectivity index (χ4v) is 1.90. The number of carbonyl (C=O) groups is 2. The van der Waals surface area contributed by atoms with Gasteiger partial charge in [0.1, 0.15) is 6.04 Å². The minimum atomic E-state index is -0.457. The van der Waals surface area contributed by atoms with Gasteiger partial charge in [-0.3, -0.25) is 9.59 Å². The first-order chi connectivity index (χ1) is 7.63. The molecule has 1 heterocycles. The van der Waals surface area contributed by atoms with Gasteiger partial charge in [-0.1, -0.05) is 6.42 Å². The summed E-state index contributed by atoms with van der Waals surface area (Å²) < 4.78 is 0. The van der Waals surface area contributed by atoms with E-state index in [2.05, 4.69) is 16.0 Å². The maximum absolute atomic E-state index is 11.6. The van der Waals surface area contributed by atoms with E-state index < -0.39 is 6.04 Å². The quantitative estimate of drug-likeness (QED) is 0.621. The van der Waals surface area contributed by atoms with Crippen LogP contribution in [0.1, 0.15) is 32.6 Å². The van der Waals surface area contributed by atoms with Gasteiger partial charge in [-0.05, 0) is 26.3 Å². The number of hydrogen-bond donors (Lipinski definition) is 3. The van der Waals surface area contributed by atoms with Crippen LogP contribution in [0.5, 0.6) is 0 Å². The summed E-state index contributed by atoms with van der Waals surface area (Å²) in [5.41, 5.74) is 0. The minimum Gasteiger partial charge on any atom is -0.357 e. The van der Waals surface area contributed by atoms with E-state index in [0.717, 1.165) is 13.0 Å². The van der Waals surface area contributed by atoms with Crippen molar-refractivity contribution in [2.45, 2.75) is 44.7 Å². The van der Waals surface area contributed by atoms with Crippen LogP contribution in [0.25, 0.3) is 0 Å². The van der Waals surface area contributed by atoms with Crippen LogP contribution < -0.4 is 16.0 Å². The Hall–Kier alpha value is -1.10. The highest BCUT2D eigenvalue weighted by molar-refractivity contribution is 5.87. The highest BCUT2D eigenvalue weighted by atomic mass is 16.2. The highest BCUT2D eigenvalue weighted by Gasteiger charge is 2.19. The van der Waals surface area contributed by atoms with Crippen LogP contribution in [0.15, 0.2) is 0 Å². The van der Waals surface area contributed by atoms with Crippen molar-refractivity contribution in [2.24, 2.45) is 0 Å². The first-order valence-electron chi connectivity index (χ1n) is 5.88. The van der Waals surface area contributed by atoms with Gasteiger partial charge < -0.3 is 16.0 Å². The Morgan fingerprint density at radius 3 is 2.75 bits per heavy atom. The summed E-state index contributed by atoms with van der Waals surface area (Å²) in [6, 6.07) is -0.188. The Kier molecular flexibility index (Phi) is 5.25. The number of nitrogens with one attached hydrogen (secondary N) is 3. The molecule has 92 valence electrons. The molecule has 5 nitrogen and oxygen atoms in total. The maximum Gasteiger partial charge on any atom is 0.242 e. The Morgan fingerprint density at radius 2 is 2.19 bits per heavy atom. The smallest absolute Gasteiger partial charge is 0.242 e. The minimum absolute atomic E-state index is 0.0597. The number of rotatable bonds is 4. The first-order valence-corrected chi connectivity index (χ1v) is 5.88. The lowest BCUT2D eigenvalue weighted by molar-refractivity contribution is -0.128. The molecule has 16 heavy (non-hydrogen) atoms. The molecule has 3 N–H and O–H groups in total. The van der Waals surface area contributed by atoms with Crippen molar-refractivity contribution in [3.63, 3.8) is 0 Å². The van der Waals surface area contributed by atoms with Crippen LogP contribution in [0, 0.1) is 0 Å². The van der Waals surface area contributed by atoms with Crippen molar-refractivity contribution < 1.29 is 9.59 Å². The van der Waals surface area contributed by atoms with Crippen LogP contribution in [0.4, 0.5) is 0 Å². The lowest BCUT2D eigenvalue weighted by Gasteiger charge is -2.23. The van der Waals surface area contributed by atoms with Gasteiger partial charge in [0.05, 0.1) is 0 Å². The van der Waals surface area contributed by atoms with E-state index in [1.807, 2.05) is 0 Å². The summed E-state index contributed by atoms with van der Waals surface area (Å²) in [7, 11) is 1.56. The number of likely N-dealkylation sites (N-methyl/N-ethyl adjacent to an activating group) is 1. The van der Waals surface area contributed by atoms with E-state index in [-0.39, 0.29) is 17.9 Å². The van der Waals surface area contributed by atoms with Gasteiger partial charge in [-0.15, -0.1) is 0 Å². The van der Waals surface area contributed by atoms with Crippen LogP contribution >= 0.6 is 0 Å². The zero-order valence-electron chi connectivity index (χ0n) is 10.0. The van der Waals surface area contributed by atoms with Gasteiger partial charge in [-0.2, -0.15) is 0 Å². The van der Waals surface area contributed by atoms with Gasteiger partial charge >= 0.3 is 0 Å². The monoisotopic (exact) mass is 227 g/mol. The third-order valence-electron chi connectivity index (χ3n) is 2.86. The molecule has 0 aromatic rings. The number of carbonyl (C=O) groups excluding carboxylic acids is 2. The molecule has 1 saturated heterocycles. The topological polar surface area (TPSA) is 70.2 Å². The Bertz CT molecular complexity index is 250. The van der Waals surface area contributed by atoms with Crippen molar-refractivity contribution in [1.29, 1.82) is 0 Å². The van der Waals surface area contributed by atoms with E-state index in [9.17, 15) is 9.59 Å². The molecule has 2 unspecified atom stereocenters. The molecule has 2 amide bonds. The summed E-state index contributed by atoms with van der Waals surface area (Å²) in [4.78, 5) is 22.8. The second-order valence-corrected chi connectivity index (χ2v) is 4.25. The molecule has 0 aliphatic carbocycles. The van der Waals surface area contributed by atoms with Crippen molar-refractivity contribution in [1.82, 2.24) is 16.0 Å². The standard InChI is InChI=1S/C11H21N3O2/c1-8(11(16)12-2)14-10(15)7-9-5-3-4-6-13-9/h8-9,13H,3-7H2,1-2H3,(H,12,16)(H,14,15). The fourth-order valence-electron chi connectivity index (χ4n) is 1.90. The van der Waals surface area contributed by atoms with E-state index in [1.54, 1.807) is 14.0 Å². The zero-order valence-corrected chi connectivity index (χ0v) is 10.0. The van der Waals surface area contributed by atoms with Crippen molar-refractivity contribution >= 4 is 11.8 Å². The third kappa shape index (κ3) is 4.18. The molecule has 0 spiro atoms. The van der Waals surface area contributed by atoms with Crippen LogP contribution in [0.2, 0.25) is 0 Å². The molecule has 0 radical (unpaired) electrons. The second kappa shape index (κ2) is 6.48. The van der Waals surface area contributed by atoms with E-state index in [4.69, 9.17) is 0 Å². The summed E-state index contributed by atoms with van der Waals surface area (Å²) in [6.45, 7) is 2.67. The molecule has 1 aliphatic heterocycles. The van der Waals surface area contributed by atoms with Gasteiger partial charge in [0, 0.05) is 19.5 Å². The van der Waals surface area contributed by atoms with E-state index in [1.165, 1.54) is 12.8 Å². The van der Waals surface area contributed by atoms with Crippen molar-refractivity contribution in [2.75, 3.05) is 13.6 Å². The average Bonchev–Trinajstić information content (AvgIpc) is 2.29. The zero-order chi connectivity index (χ0) is 12.0. The Labute approximate surface area is 96.4 Å². The summed E-state index contributed by atoms with van der Waals surface area (Å²) in [5.74, 6) is -0.222. The van der Waals surface area contributed by atoms with Crippen molar-refractivity contribution in [3.8, 4) is 0 Å². The fraction of sp³-hybridized carbons (Fsp3) is 0.818. The molecule has 1 rings (SSSR count). The molecule has 5 heteroatoms. The maximum atomic E-state index is 11.6. The lowest BCUT2D eigenvalue weighted by Crippen LogP contribution is -2.46. The SMILES string of the molecule is CNC(=O)C(C)NC(=O)CC1CCCCN1. The molecular formula is C11H21N3O2. The van der Waals surface area contributed by atoms with Crippen LogP contribution in [-0.2, 0) is 9.59 Å². The molecule has 0 aromatic carbocycles. The van der Waals surface area contributed by atoms with Gasteiger partial charge in [0.25, 0.3) is 0 Å². The normalized spacial score (nSPS) is 22.2. The predicted molar refractivity (Wildman–Crippen MR) is 61.9 cm³/mol. The average molecular weight is 227 g/mol. The molecule has 1 fully saturated rings. The van der Waals surface area contributed by atoms with Crippen LogP contribution in [-0.4, -0.2) is 37.5 Å². The molecule has 2 atom stereocenters. The Morgan fingerprint density at radius 1 is 1.44 bits per heavy atom. The van der Waals surface area contributed by atoms with Gasteiger partial charge in [0.2, 0.25) is 11.8 Å².